The van der Waals surface area contributed by atoms with E-state index in [2.05, 4.69) is 0 Å². The Morgan fingerprint density at radius 3 is 1.93 bits per heavy atom. The molecule has 0 aliphatic carbocycles. The third kappa shape index (κ3) is 10.5. The van der Waals surface area contributed by atoms with Crippen LogP contribution in [-0.4, -0.2) is 25.4 Å². The molecule has 0 fully saturated rings. The number of ether oxygens (including phenoxy) is 2. The Hall–Kier alpha value is 0.210. The van der Waals surface area contributed by atoms with Crippen molar-refractivity contribution in [2.45, 2.75) is 58.7 Å². The molecule has 0 atom stereocenters. The number of hydrogen-bond acceptors (Lipinski definition) is 2. The van der Waals surface area contributed by atoms with Crippen LogP contribution in [0.1, 0.15) is 52.4 Å². The van der Waals surface area contributed by atoms with Gasteiger partial charge >= 0.3 is 0 Å². The van der Waals surface area contributed by atoms with Crippen molar-refractivity contribution in [1.82, 2.24) is 0 Å². The zero-order valence-corrected chi connectivity index (χ0v) is 10.9. The second-order valence-corrected chi connectivity index (χ2v) is 3.96. The smallest absolute Gasteiger partial charge is 0.157 e. The third-order valence-corrected chi connectivity index (χ3v) is 2.55. The minimum Gasteiger partial charge on any atom is -0.353 e. The molecule has 0 saturated heterocycles. The van der Waals surface area contributed by atoms with Crippen molar-refractivity contribution in [3.63, 3.8) is 0 Å². The molecule has 0 bridgehead atoms. The topological polar surface area (TPSA) is 18.5 Å². The number of unbranched alkanes of at least 4 members (excludes halogenated alkanes) is 4. The average molecular weight is 237 g/mol. The van der Waals surface area contributed by atoms with Crippen molar-refractivity contribution in [2.75, 3.05) is 19.1 Å². The highest BCUT2D eigenvalue weighted by atomic mass is 35.5. The van der Waals surface area contributed by atoms with Gasteiger partial charge in [0, 0.05) is 19.1 Å². The summed E-state index contributed by atoms with van der Waals surface area (Å²) in [7, 11) is 0. The van der Waals surface area contributed by atoms with Crippen LogP contribution in [0.25, 0.3) is 0 Å². The van der Waals surface area contributed by atoms with Crippen LogP contribution in [0.3, 0.4) is 0 Å². The zero-order chi connectivity index (χ0) is 11.4. The maximum absolute atomic E-state index is 5.61. The first-order valence-electron chi connectivity index (χ1n) is 6.14. The van der Waals surface area contributed by atoms with E-state index in [1.165, 1.54) is 25.7 Å². The summed E-state index contributed by atoms with van der Waals surface area (Å²) in [4.78, 5) is 0. The lowest BCUT2D eigenvalue weighted by atomic mass is 10.1. The van der Waals surface area contributed by atoms with Crippen LogP contribution >= 0.6 is 11.6 Å². The molecule has 0 unspecified atom stereocenters. The first-order valence-corrected chi connectivity index (χ1v) is 6.67. The van der Waals surface area contributed by atoms with E-state index in [-0.39, 0.29) is 6.29 Å². The van der Waals surface area contributed by atoms with E-state index in [9.17, 15) is 0 Å². The standard InChI is InChI=1S/C12H25ClO2/c1-3-14-12(15-4-2)10-8-6-5-7-9-11-13/h12H,3-11H2,1-2H3. The van der Waals surface area contributed by atoms with Gasteiger partial charge in [-0.15, -0.1) is 11.6 Å². The molecule has 0 saturated carbocycles. The first kappa shape index (κ1) is 15.2. The van der Waals surface area contributed by atoms with Gasteiger partial charge in [0.15, 0.2) is 6.29 Å². The quantitative estimate of drug-likeness (QED) is 0.307. The van der Waals surface area contributed by atoms with Gasteiger partial charge in [0.2, 0.25) is 0 Å². The summed E-state index contributed by atoms with van der Waals surface area (Å²) < 4.78 is 10.9. The lowest BCUT2D eigenvalue weighted by molar-refractivity contribution is -0.140. The molecular formula is C12H25ClO2. The number of hydrogen-bond donors (Lipinski definition) is 0. The van der Waals surface area contributed by atoms with Crippen LogP contribution in [0.2, 0.25) is 0 Å². The SMILES string of the molecule is CCOC(CCCCCCCCl)OCC. The molecule has 0 aromatic rings. The van der Waals surface area contributed by atoms with E-state index in [1.807, 2.05) is 13.8 Å². The highest BCUT2D eigenvalue weighted by Crippen LogP contribution is 2.10. The van der Waals surface area contributed by atoms with Gasteiger partial charge in [-0.2, -0.15) is 0 Å². The summed E-state index contributed by atoms with van der Waals surface area (Å²) in [6.45, 7) is 5.48. The molecule has 0 aliphatic heterocycles. The Kier molecular flexibility index (Phi) is 12.5. The molecule has 0 amide bonds. The second-order valence-electron chi connectivity index (χ2n) is 3.59. The molecule has 0 N–H and O–H groups in total. The maximum Gasteiger partial charge on any atom is 0.157 e. The molecular weight excluding hydrogens is 212 g/mol. The predicted molar refractivity (Wildman–Crippen MR) is 65.5 cm³/mol. The van der Waals surface area contributed by atoms with Gasteiger partial charge in [-0.3, -0.25) is 0 Å². The average Bonchev–Trinajstić information content (AvgIpc) is 2.24. The Balaban J connectivity index is 3.28. The van der Waals surface area contributed by atoms with E-state index in [1.54, 1.807) is 0 Å². The Morgan fingerprint density at radius 1 is 0.867 bits per heavy atom. The highest BCUT2D eigenvalue weighted by Gasteiger charge is 2.06. The van der Waals surface area contributed by atoms with Crippen LogP contribution in [0.15, 0.2) is 0 Å². The summed E-state index contributed by atoms with van der Waals surface area (Å²) in [5.41, 5.74) is 0. The molecule has 0 spiro atoms. The van der Waals surface area contributed by atoms with Crippen molar-refractivity contribution >= 4 is 11.6 Å². The van der Waals surface area contributed by atoms with Crippen molar-refractivity contribution in [3.05, 3.63) is 0 Å². The summed E-state index contributed by atoms with van der Waals surface area (Å²) in [5, 5.41) is 0. The first-order chi connectivity index (χ1) is 7.35. The Bertz CT molecular complexity index is 114. The summed E-state index contributed by atoms with van der Waals surface area (Å²) in [6, 6.07) is 0. The fraction of sp³-hybridized carbons (Fsp3) is 1.00. The van der Waals surface area contributed by atoms with Crippen molar-refractivity contribution in [1.29, 1.82) is 0 Å². The number of rotatable bonds is 11. The third-order valence-electron chi connectivity index (χ3n) is 2.28. The van der Waals surface area contributed by atoms with Crippen molar-refractivity contribution < 1.29 is 9.47 Å². The summed E-state index contributed by atoms with van der Waals surface area (Å²) >= 11 is 5.61. The van der Waals surface area contributed by atoms with Gasteiger partial charge in [0.1, 0.15) is 0 Å². The molecule has 0 aliphatic rings. The lowest BCUT2D eigenvalue weighted by Gasteiger charge is -2.16. The van der Waals surface area contributed by atoms with Crippen LogP contribution in [0, 0.1) is 0 Å². The fourth-order valence-electron chi connectivity index (χ4n) is 1.52. The summed E-state index contributed by atoms with van der Waals surface area (Å²) in [6.07, 6.45) is 7.13. The van der Waals surface area contributed by atoms with Crippen LogP contribution in [0.5, 0.6) is 0 Å². The van der Waals surface area contributed by atoms with E-state index in [0.717, 1.165) is 31.9 Å². The Labute approximate surface area is 99.3 Å². The normalized spacial score (nSPS) is 11.2. The van der Waals surface area contributed by atoms with Gasteiger partial charge < -0.3 is 9.47 Å². The Morgan fingerprint density at radius 2 is 1.40 bits per heavy atom. The molecule has 0 radical (unpaired) electrons. The maximum atomic E-state index is 5.61. The van der Waals surface area contributed by atoms with Crippen molar-refractivity contribution in [2.24, 2.45) is 0 Å². The summed E-state index contributed by atoms with van der Waals surface area (Å²) in [5.74, 6) is 0.792. The van der Waals surface area contributed by atoms with Gasteiger partial charge in [0.25, 0.3) is 0 Å². The molecule has 0 heterocycles. The van der Waals surface area contributed by atoms with E-state index >= 15 is 0 Å². The van der Waals surface area contributed by atoms with Crippen LogP contribution in [0.4, 0.5) is 0 Å². The van der Waals surface area contributed by atoms with E-state index < -0.39 is 0 Å². The van der Waals surface area contributed by atoms with Gasteiger partial charge in [-0.1, -0.05) is 19.3 Å². The zero-order valence-electron chi connectivity index (χ0n) is 10.1. The van der Waals surface area contributed by atoms with Gasteiger partial charge in [-0.25, -0.2) is 0 Å². The largest absolute Gasteiger partial charge is 0.353 e. The van der Waals surface area contributed by atoms with E-state index in [0.29, 0.717) is 0 Å². The van der Waals surface area contributed by atoms with Gasteiger partial charge in [0.05, 0.1) is 0 Å². The lowest BCUT2D eigenvalue weighted by Crippen LogP contribution is -2.17. The molecule has 0 aromatic heterocycles. The number of alkyl halides is 1. The molecule has 0 rings (SSSR count). The number of halogens is 1. The van der Waals surface area contributed by atoms with Crippen LogP contribution in [-0.2, 0) is 9.47 Å². The van der Waals surface area contributed by atoms with Gasteiger partial charge in [-0.05, 0) is 33.1 Å². The molecule has 3 heteroatoms. The highest BCUT2D eigenvalue weighted by molar-refractivity contribution is 6.17. The monoisotopic (exact) mass is 236 g/mol. The molecule has 92 valence electrons. The molecule has 0 aromatic carbocycles. The molecule has 15 heavy (non-hydrogen) atoms. The van der Waals surface area contributed by atoms with E-state index in [4.69, 9.17) is 21.1 Å². The van der Waals surface area contributed by atoms with Crippen molar-refractivity contribution in [3.8, 4) is 0 Å². The fourth-order valence-corrected chi connectivity index (χ4v) is 1.71. The van der Waals surface area contributed by atoms with Crippen LogP contribution < -0.4 is 0 Å². The minimum atomic E-state index is 0.00743. The minimum absolute atomic E-state index is 0.00743. The molecule has 2 nitrogen and oxygen atoms in total. The predicted octanol–water partition coefficient (Wildman–Crippen LogP) is 3.96. The second kappa shape index (κ2) is 12.3.